The molecule has 0 aromatic heterocycles. The number of nitrogens with zero attached hydrogens (tertiary/aromatic N) is 1. The van der Waals surface area contributed by atoms with Crippen molar-refractivity contribution in [3.8, 4) is 0 Å². The molecule has 1 rings (SSSR count). The van der Waals surface area contributed by atoms with Gasteiger partial charge in [0.25, 0.3) is 0 Å². The Bertz CT molecular complexity index is 393. The molecule has 0 bridgehead atoms. The third-order valence-electron chi connectivity index (χ3n) is 4.12. The van der Waals surface area contributed by atoms with E-state index in [2.05, 4.69) is 11.4 Å². The Kier molecular flexibility index (Phi) is 7.43. The zero-order valence-corrected chi connectivity index (χ0v) is 13.4. The van der Waals surface area contributed by atoms with Crippen molar-refractivity contribution in [2.45, 2.75) is 58.4 Å². The Morgan fingerprint density at radius 3 is 2.67 bits per heavy atom. The molecule has 0 radical (unpaired) electrons. The topological polar surface area (TPSA) is 69.6 Å². The molecule has 2 unspecified atom stereocenters. The van der Waals surface area contributed by atoms with E-state index in [1.54, 1.807) is 11.8 Å². The summed E-state index contributed by atoms with van der Waals surface area (Å²) in [5, 5.41) is 12.0. The number of carbonyl (C=O) groups excluding carboxylic acids is 1. The van der Waals surface area contributed by atoms with Gasteiger partial charge < -0.3 is 15.3 Å². The summed E-state index contributed by atoms with van der Waals surface area (Å²) in [6, 6.07) is 0.223. The van der Waals surface area contributed by atoms with Gasteiger partial charge in [0.05, 0.1) is 12.5 Å². The van der Waals surface area contributed by atoms with E-state index < -0.39 is 5.97 Å². The number of rotatable bonds is 9. The van der Waals surface area contributed by atoms with Crippen LogP contribution in [-0.4, -0.2) is 41.5 Å². The van der Waals surface area contributed by atoms with Gasteiger partial charge in [-0.3, -0.25) is 9.59 Å². The third kappa shape index (κ3) is 6.29. The van der Waals surface area contributed by atoms with E-state index in [0.29, 0.717) is 13.0 Å². The van der Waals surface area contributed by atoms with E-state index in [1.807, 2.05) is 14.0 Å². The molecule has 5 heteroatoms. The summed E-state index contributed by atoms with van der Waals surface area (Å²) in [6.45, 7) is 4.10. The standard InChI is InChI=1S/C16H28N2O3/c1-12(16(20)21)7-6-8-13(2)17-11-15(19)18(3)14-9-4-5-10-14/h9,12-13,17H,4-8,10-11H2,1-3H3,(H,20,21). The van der Waals surface area contributed by atoms with Gasteiger partial charge in [0.15, 0.2) is 0 Å². The summed E-state index contributed by atoms with van der Waals surface area (Å²) in [4.78, 5) is 24.5. The molecule has 0 aromatic carbocycles. The van der Waals surface area contributed by atoms with Crippen molar-refractivity contribution in [3.63, 3.8) is 0 Å². The second-order valence-electron chi connectivity index (χ2n) is 5.99. The Labute approximate surface area is 127 Å². The number of likely N-dealkylation sites (N-methyl/N-ethyl adjacent to an activating group) is 1. The monoisotopic (exact) mass is 296 g/mol. The molecule has 5 nitrogen and oxygen atoms in total. The minimum absolute atomic E-state index is 0.0916. The minimum atomic E-state index is -0.739. The molecule has 21 heavy (non-hydrogen) atoms. The van der Waals surface area contributed by atoms with E-state index in [9.17, 15) is 9.59 Å². The highest BCUT2D eigenvalue weighted by atomic mass is 16.4. The van der Waals surface area contributed by atoms with Crippen LogP contribution in [0.4, 0.5) is 0 Å². The highest BCUT2D eigenvalue weighted by molar-refractivity contribution is 5.79. The summed E-state index contributed by atoms with van der Waals surface area (Å²) in [5.74, 6) is -0.939. The van der Waals surface area contributed by atoms with E-state index >= 15 is 0 Å². The first-order chi connectivity index (χ1) is 9.91. The lowest BCUT2D eigenvalue weighted by Gasteiger charge is -2.20. The van der Waals surface area contributed by atoms with Gasteiger partial charge in [0, 0.05) is 18.8 Å². The quantitative estimate of drug-likeness (QED) is 0.685. The van der Waals surface area contributed by atoms with E-state index in [1.165, 1.54) is 0 Å². The summed E-state index contributed by atoms with van der Waals surface area (Å²) in [5.41, 5.74) is 1.13. The van der Waals surface area contributed by atoms with Crippen LogP contribution in [0.15, 0.2) is 11.8 Å². The van der Waals surface area contributed by atoms with E-state index in [-0.39, 0.29) is 17.9 Å². The highest BCUT2D eigenvalue weighted by Gasteiger charge is 2.16. The van der Waals surface area contributed by atoms with Crippen molar-refractivity contribution in [1.29, 1.82) is 0 Å². The lowest BCUT2D eigenvalue weighted by Crippen LogP contribution is -2.38. The molecule has 0 spiro atoms. The molecule has 2 N–H and O–H groups in total. The molecule has 1 aliphatic rings. The molecular weight excluding hydrogens is 268 g/mol. The molecule has 0 aromatic rings. The van der Waals surface area contributed by atoms with Gasteiger partial charge in [-0.15, -0.1) is 0 Å². The fourth-order valence-electron chi connectivity index (χ4n) is 2.45. The molecule has 1 aliphatic carbocycles. The van der Waals surface area contributed by atoms with Crippen LogP contribution in [0.5, 0.6) is 0 Å². The van der Waals surface area contributed by atoms with Gasteiger partial charge in [-0.2, -0.15) is 0 Å². The van der Waals surface area contributed by atoms with Crippen molar-refractivity contribution in [2.24, 2.45) is 5.92 Å². The maximum Gasteiger partial charge on any atom is 0.306 e. The normalized spacial score (nSPS) is 17.2. The molecule has 1 amide bonds. The predicted octanol–water partition coefficient (Wildman–Crippen LogP) is 2.38. The fourth-order valence-corrected chi connectivity index (χ4v) is 2.45. The number of aliphatic carboxylic acids is 1. The molecular formula is C16H28N2O3. The van der Waals surface area contributed by atoms with Crippen LogP contribution >= 0.6 is 0 Å². The van der Waals surface area contributed by atoms with Crippen LogP contribution in [0.2, 0.25) is 0 Å². The zero-order chi connectivity index (χ0) is 15.8. The number of hydrogen-bond donors (Lipinski definition) is 2. The predicted molar refractivity (Wildman–Crippen MR) is 82.8 cm³/mol. The zero-order valence-electron chi connectivity index (χ0n) is 13.4. The van der Waals surface area contributed by atoms with Crippen LogP contribution in [0, 0.1) is 5.92 Å². The second kappa shape index (κ2) is 8.82. The lowest BCUT2D eigenvalue weighted by atomic mass is 10.0. The van der Waals surface area contributed by atoms with Gasteiger partial charge in [-0.05, 0) is 39.0 Å². The second-order valence-corrected chi connectivity index (χ2v) is 5.99. The first-order valence-corrected chi connectivity index (χ1v) is 7.83. The molecule has 0 fully saturated rings. The van der Waals surface area contributed by atoms with Crippen molar-refractivity contribution in [3.05, 3.63) is 11.8 Å². The van der Waals surface area contributed by atoms with Gasteiger partial charge >= 0.3 is 5.97 Å². The van der Waals surface area contributed by atoms with Crippen LogP contribution in [0.1, 0.15) is 52.4 Å². The average Bonchev–Trinajstić information content (AvgIpc) is 2.97. The number of hydrogen-bond acceptors (Lipinski definition) is 3. The van der Waals surface area contributed by atoms with E-state index in [4.69, 9.17) is 5.11 Å². The largest absolute Gasteiger partial charge is 0.481 e. The van der Waals surface area contributed by atoms with Crippen molar-refractivity contribution in [1.82, 2.24) is 10.2 Å². The molecule has 0 heterocycles. The summed E-state index contributed by atoms with van der Waals surface area (Å²) < 4.78 is 0. The van der Waals surface area contributed by atoms with Gasteiger partial charge in [-0.1, -0.05) is 19.4 Å². The fraction of sp³-hybridized carbons (Fsp3) is 0.750. The van der Waals surface area contributed by atoms with Gasteiger partial charge in [0.2, 0.25) is 5.91 Å². The average molecular weight is 296 g/mol. The maximum atomic E-state index is 12.1. The number of nitrogens with one attached hydrogen (secondary N) is 1. The number of amides is 1. The van der Waals surface area contributed by atoms with Crippen LogP contribution in [0.25, 0.3) is 0 Å². The Hall–Kier alpha value is -1.36. The summed E-state index contributed by atoms with van der Waals surface area (Å²) >= 11 is 0. The number of carbonyl (C=O) groups is 2. The molecule has 2 atom stereocenters. The highest BCUT2D eigenvalue weighted by Crippen LogP contribution is 2.20. The molecule has 0 saturated heterocycles. The first kappa shape index (κ1) is 17.7. The smallest absolute Gasteiger partial charge is 0.306 e. The van der Waals surface area contributed by atoms with Crippen molar-refractivity contribution >= 4 is 11.9 Å². The Balaban J connectivity index is 2.18. The Morgan fingerprint density at radius 1 is 1.38 bits per heavy atom. The van der Waals surface area contributed by atoms with Crippen molar-refractivity contribution < 1.29 is 14.7 Å². The first-order valence-electron chi connectivity index (χ1n) is 7.83. The Morgan fingerprint density at radius 2 is 2.10 bits per heavy atom. The number of carboxylic acid groups (broad SMARTS) is 1. The number of allylic oxidation sites excluding steroid dienone is 2. The molecule has 120 valence electrons. The lowest BCUT2D eigenvalue weighted by molar-refractivity contribution is -0.141. The van der Waals surface area contributed by atoms with Crippen LogP contribution in [0.3, 0.4) is 0 Å². The summed E-state index contributed by atoms with van der Waals surface area (Å²) in [6.07, 6.45) is 7.76. The number of carboxylic acids is 1. The van der Waals surface area contributed by atoms with Gasteiger partial charge in [-0.25, -0.2) is 0 Å². The summed E-state index contributed by atoms with van der Waals surface area (Å²) in [7, 11) is 1.83. The molecule has 0 saturated carbocycles. The SMILES string of the molecule is CC(CCCC(C)C(=O)O)NCC(=O)N(C)C1=CCCC1. The van der Waals surface area contributed by atoms with E-state index in [0.717, 1.165) is 37.8 Å². The van der Waals surface area contributed by atoms with Crippen molar-refractivity contribution in [2.75, 3.05) is 13.6 Å². The molecule has 0 aliphatic heterocycles. The van der Waals surface area contributed by atoms with Crippen LogP contribution in [-0.2, 0) is 9.59 Å². The minimum Gasteiger partial charge on any atom is -0.481 e. The van der Waals surface area contributed by atoms with Gasteiger partial charge in [0.1, 0.15) is 0 Å². The third-order valence-corrected chi connectivity index (χ3v) is 4.12. The van der Waals surface area contributed by atoms with Crippen LogP contribution < -0.4 is 5.32 Å². The maximum absolute atomic E-state index is 12.1.